The molecule has 9 nitrogen and oxygen atoms in total. The van der Waals surface area contributed by atoms with Crippen molar-refractivity contribution in [1.29, 1.82) is 0 Å². The van der Waals surface area contributed by atoms with Crippen molar-refractivity contribution in [2.75, 3.05) is 6.54 Å². The molecule has 2 atom stereocenters. The Balaban J connectivity index is 2.18. The van der Waals surface area contributed by atoms with Crippen molar-refractivity contribution in [2.24, 2.45) is 7.05 Å². The summed E-state index contributed by atoms with van der Waals surface area (Å²) in [5.74, 6) is 8.12. The third kappa shape index (κ3) is 6.89. The highest BCUT2D eigenvalue weighted by Gasteiger charge is 2.41. The minimum absolute atomic E-state index is 0.0571. The van der Waals surface area contributed by atoms with Gasteiger partial charge in [0.15, 0.2) is 0 Å². The SMILES string of the molecule is CCN(C(C)=O)C(C(F)F)C(NC(=O)c1ccc(C#CC#Cc2cnn(C)c2)cc1)C(=O)NO. The second kappa shape index (κ2) is 12.1. The Hall–Kier alpha value is -4.22. The van der Waals surface area contributed by atoms with E-state index in [1.54, 1.807) is 24.1 Å². The molecular formula is C23H23F2N5O4. The van der Waals surface area contributed by atoms with Gasteiger partial charge in [0.05, 0.1) is 11.8 Å². The van der Waals surface area contributed by atoms with Gasteiger partial charge in [0.2, 0.25) is 5.91 Å². The van der Waals surface area contributed by atoms with Crippen LogP contribution in [0, 0.1) is 23.7 Å². The Morgan fingerprint density at radius 2 is 1.76 bits per heavy atom. The maximum atomic E-state index is 13.8. The smallest absolute Gasteiger partial charge is 0.268 e. The van der Waals surface area contributed by atoms with E-state index >= 15 is 0 Å². The lowest BCUT2D eigenvalue weighted by molar-refractivity contribution is -0.142. The number of nitrogens with zero attached hydrogens (tertiary/aromatic N) is 3. The van der Waals surface area contributed by atoms with Gasteiger partial charge in [-0.1, -0.05) is 5.92 Å². The molecule has 0 aliphatic carbocycles. The van der Waals surface area contributed by atoms with Crippen molar-refractivity contribution in [3.63, 3.8) is 0 Å². The molecule has 0 spiro atoms. The number of hydrogen-bond donors (Lipinski definition) is 3. The van der Waals surface area contributed by atoms with Crippen molar-refractivity contribution in [2.45, 2.75) is 32.4 Å². The van der Waals surface area contributed by atoms with E-state index in [9.17, 15) is 23.2 Å². The average molecular weight is 471 g/mol. The number of carbonyl (C=O) groups excluding carboxylic acids is 3. The highest BCUT2D eigenvalue weighted by molar-refractivity contribution is 5.98. The van der Waals surface area contributed by atoms with E-state index in [-0.39, 0.29) is 12.1 Å². The molecule has 11 heteroatoms. The zero-order valence-corrected chi connectivity index (χ0v) is 18.7. The molecule has 178 valence electrons. The summed E-state index contributed by atoms with van der Waals surface area (Å²) < 4.78 is 29.1. The molecule has 1 aromatic heterocycles. The van der Waals surface area contributed by atoms with Crippen molar-refractivity contribution in [3.05, 3.63) is 53.3 Å². The van der Waals surface area contributed by atoms with Crippen LogP contribution in [0.4, 0.5) is 8.78 Å². The maximum Gasteiger partial charge on any atom is 0.268 e. The molecule has 0 fully saturated rings. The number of nitrogens with one attached hydrogen (secondary N) is 2. The summed E-state index contributed by atoms with van der Waals surface area (Å²) in [6.07, 6.45) is 0.166. The van der Waals surface area contributed by atoms with Crippen molar-refractivity contribution in [1.82, 2.24) is 25.5 Å². The molecule has 2 unspecified atom stereocenters. The quantitative estimate of drug-likeness (QED) is 0.316. The fourth-order valence-corrected chi connectivity index (χ4v) is 3.10. The van der Waals surface area contributed by atoms with E-state index in [2.05, 4.69) is 34.1 Å². The van der Waals surface area contributed by atoms with Crippen molar-refractivity contribution in [3.8, 4) is 23.7 Å². The molecule has 0 aliphatic rings. The molecule has 0 bridgehead atoms. The van der Waals surface area contributed by atoms with Crippen molar-refractivity contribution < 1.29 is 28.4 Å². The van der Waals surface area contributed by atoms with E-state index in [0.29, 0.717) is 11.1 Å². The normalized spacial score (nSPS) is 11.9. The largest absolute Gasteiger partial charge is 0.338 e. The van der Waals surface area contributed by atoms with Crippen LogP contribution in [0.2, 0.25) is 0 Å². The number of hydroxylamine groups is 1. The maximum absolute atomic E-state index is 13.8. The monoisotopic (exact) mass is 471 g/mol. The Morgan fingerprint density at radius 3 is 2.24 bits per heavy atom. The Morgan fingerprint density at radius 1 is 1.15 bits per heavy atom. The topological polar surface area (TPSA) is 117 Å². The summed E-state index contributed by atoms with van der Waals surface area (Å²) in [6, 6.07) is 1.94. The van der Waals surface area contributed by atoms with Gasteiger partial charge >= 0.3 is 0 Å². The van der Waals surface area contributed by atoms with Gasteiger partial charge in [-0.3, -0.25) is 24.3 Å². The summed E-state index contributed by atoms with van der Waals surface area (Å²) in [7, 11) is 1.77. The lowest BCUT2D eigenvalue weighted by Gasteiger charge is -2.34. The lowest BCUT2D eigenvalue weighted by atomic mass is 10.0. The molecule has 3 amide bonds. The van der Waals surface area contributed by atoms with E-state index in [1.165, 1.54) is 36.7 Å². The first kappa shape index (κ1) is 26.0. The molecule has 0 saturated carbocycles. The molecule has 0 aliphatic heterocycles. The molecule has 3 N–H and O–H groups in total. The highest BCUT2D eigenvalue weighted by atomic mass is 19.3. The Labute approximate surface area is 195 Å². The fraction of sp³-hybridized carbons (Fsp3) is 0.304. The van der Waals surface area contributed by atoms with Crippen LogP contribution in [0.5, 0.6) is 0 Å². The number of likely N-dealkylation sites (N-methyl/N-ethyl adjacent to an activating group) is 1. The first-order valence-electron chi connectivity index (χ1n) is 10.1. The lowest BCUT2D eigenvalue weighted by Crippen LogP contribution is -2.61. The molecule has 0 radical (unpaired) electrons. The van der Waals surface area contributed by atoms with Crippen LogP contribution >= 0.6 is 0 Å². The highest BCUT2D eigenvalue weighted by Crippen LogP contribution is 2.16. The summed E-state index contributed by atoms with van der Waals surface area (Å²) in [4.78, 5) is 37.2. The van der Waals surface area contributed by atoms with Gasteiger partial charge < -0.3 is 10.2 Å². The first-order chi connectivity index (χ1) is 16.2. The van der Waals surface area contributed by atoms with Crippen molar-refractivity contribution >= 4 is 17.7 Å². The second-order valence-electron chi connectivity index (χ2n) is 7.04. The number of alkyl halides is 2. The zero-order valence-electron chi connectivity index (χ0n) is 18.7. The predicted molar refractivity (Wildman–Crippen MR) is 117 cm³/mol. The van der Waals surface area contributed by atoms with Crippen LogP contribution < -0.4 is 10.8 Å². The number of amides is 3. The number of hydrogen-bond acceptors (Lipinski definition) is 5. The van der Waals surface area contributed by atoms with Gasteiger partial charge in [-0.2, -0.15) is 5.10 Å². The number of aromatic nitrogens is 2. The van der Waals surface area contributed by atoms with Crippen LogP contribution in [0.25, 0.3) is 0 Å². The third-order valence-corrected chi connectivity index (χ3v) is 4.71. The minimum atomic E-state index is -3.17. The van der Waals surface area contributed by atoms with Gasteiger partial charge in [0, 0.05) is 37.8 Å². The third-order valence-electron chi connectivity index (χ3n) is 4.71. The average Bonchev–Trinajstić information content (AvgIpc) is 3.23. The number of benzene rings is 1. The number of aryl methyl sites for hydroxylation is 1. The number of carbonyl (C=O) groups is 3. The molecule has 2 rings (SSSR count). The summed E-state index contributed by atoms with van der Waals surface area (Å²) >= 11 is 0. The van der Waals surface area contributed by atoms with E-state index in [4.69, 9.17) is 5.21 Å². The van der Waals surface area contributed by atoms with E-state index in [1.807, 2.05) is 0 Å². The first-order valence-corrected chi connectivity index (χ1v) is 10.1. The standard InChI is InChI=1S/C23H23F2N5O4/c1-4-30(15(2)31)20(21(24)25)19(23(33)28-34)27-22(32)18-11-9-16(10-12-18)7-5-6-8-17-13-26-29(3)14-17/h9-14,19-21,34H,4H2,1-3H3,(H,27,32)(H,28,33). The van der Waals surface area contributed by atoms with Crippen LogP contribution in [0.1, 0.15) is 35.3 Å². The fourth-order valence-electron chi connectivity index (χ4n) is 3.10. The van der Waals surface area contributed by atoms with Crippen LogP contribution in [0.3, 0.4) is 0 Å². The number of rotatable bonds is 7. The Bertz CT molecular complexity index is 1160. The van der Waals surface area contributed by atoms with E-state index < -0.39 is 36.2 Å². The zero-order chi connectivity index (χ0) is 25.3. The second-order valence-corrected chi connectivity index (χ2v) is 7.04. The summed E-state index contributed by atoms with van der Waals surface area (Å²) in [5, 5.41) is 15.2. The van der Waals surface area contributed by atoms with Gasteiger partial charge in [-0.05, 0) is 49.0 Å². The summed E-state index contributed by atoms with van der Waals surface area (Å²) in [5.41, 5.74) is 2.57. The van der Waals surface area contributed by atoms with Crippen LogP contribution in [0.15, 0.2) is 36.7 Å². The molecule has 34 heavy (non-hydrogen) atoms. The van der Waals surface area contributed by atoms with Crippen LogP contribution in [-0.4, -0.2) is 62.7 Å². The minimum Gasteiger partial charge on any atom is -0.338 e. The molecule has 1 aromatic carbocycles. The number of halogens is 2. The molecule has 2 aromatic rings. The Kier molecular flexibility index (Phi) is 9.29. The molecular weight excluding hydrogens is 448 g/mol. The van der Waals surface area contributed by atoms with Gasteiger partial charge in [-0.25, -0.2) is 14.3 Å². The van der Waals surface area contributed by atoms with Crippen LogP contribution in [-0.2, 0) is 16.6 Å². The molecule has 1 heterocycles. The summed E-state index contributed by atoms with van der Waals surface area (Å²) in [6.45, 7) is 2.38. The van der Waals surface area contributed by atoms with Gasteiger partial charge in [0.1, 0.15) is 12.1 Å². The predicted octanol–water partition coefficient (Wildman–Crippen LogP) is 0.929. The van der Waals surface area contributed by atoms with E-state index in [0.717, 1.165) is 11.8 Å². The van der Waals surface area contributed by atoms with Gasteiger partial charge in [0.25, 0.3) is 18.2 Å². The van der Waals surface area contributed by atoms with Gasteiger partial charge in [-0.15, -0.1) is 0 Å². The molecule has 0 saturated heterocycles.